The fourth-order valence-corrected chi connectivity index (χ4v) is 2.45. The van der Waals surface area contributed by atoms with Crippen LogP contribution in [0.5, 0.6) is 0 Å². The zero-order chi connectivity index (χ0) is 14.8. The number of carbonyl (C=O) groups excluding carboxylic acids is 2. The minimum absolute atomic E-state index is 0.0509. The summed E-state index contributed by atoms with van der Waals surface area (Å²) in [5, 5.41) is 2.63. The molecule has 1 saturated heterocycles. The van der Waals surface area contributed by atoms with Crippen LogP contribution in [0.3, 0.4) is 0 Å². The Hall–Kier alpha value is -1.98. The van der Waals surface area contributed by atoms with Crippen molar-refractivity contribution in [2.24, 2.45) is 0 Å². The molecule has 1 N–H and O–H groups in total. The van der Waals surface area contributed by atoms with Crippen LogP contribution in [0, 0.1) is 11.6 Å². The third kappa shape index (κ3) is 2.79. The van der Waals surface area contributed by atoms with Gasteiger partial charge in [0.05, 0.1) is 13.0 Å². The first-order valence-electron chi connectivity index (χ1n) is 6.35. The lowest BCUT2D eigenvalue weighted by molar-refractivity contribution is -0.144. The van der Waals surface area contributed by atoms with Gasteiger partial charge in [-0.25, -0.2) is 8.78 Å². The molecule has 6 heteroatoms. The van der Waals surface area contributed by atoms with Crippen molar-refractivity contribution in [3.63, 3.8) is 0 Å². The van der Waals surface area contributed by atoms with E-state index in [1.807, 2.05) is 0 Å². The van der Waals surface area contributed by atoms with Crippen LogP contribution in [-0.4, -0.2) is 25.0 Å². The van der Waals surface area contributed by atoms with Crippen LogP contribution in [-0.2, 0) is 19.7 Å². The summed E-state index contributed by atoms with van der Waals surface area (Å²) in [7, 11) is 0. The van der Waals surface area contributed by atoms with Gasteiger partial charge in [0.15, 0.2) is 11.6 Å². The number of benzene rings is 1. The average Bonchev–Trinajstić information content (AvgIpc) is 2.75. The van der Waals surface area contributed by atoms with Gasteiger partial charge in [-0.15, -0.1) is 0 Å². The van der Waals surface area contributed by atoms with Gasteiger partial charge in [-0.05, 0) is 24.6 Å². The van der Waals surface area contributed by atoms with Gasteiger partial charge in [-0.2, -0.15) is 0 Å². The van der Waals surface area contributed by atoms with Gasteiger partial charge in [-0.1, -0.05) is 6.07 Å². The van der Waals surface area contributed by atoms with Gasteiger partial charge in [0.25, 0.3) is 0 Å². The van der Waals surface area contributed by atoms with E-state index in [1.54, 1.807) is 6.92 Å². The molecule has 1 amide bonds. The summed E-state index contributed by atoms with van der Waals surface area (Å²) in [5.41, 5.74) is -0.458. The fraction of sp³-hybridized carbons (Fsp3) is 0.429. The van der Waals surface area contributed by atoms with Gasteiger partial charge in [0, 0.05) is 18.4 Å². The topological polar surface area (TPSA) is 55.4 Å². The van der Waals surface area contributed by atoms with Gasteiger partial charge in [0.2, 0.25) is 5.91 Å². The summed E-state index contributed by atoms with van der Waals surface area (Å²) < 4.78 is 31.3. The first kappa shape index (κ1) is 14.4. The van der Waals surface area contributed by atoms with E-state index >= 15 is 0 Å². The molecule has 0 spiro atoms. The van der Waals surface area contributed by atoms with E-state index in [9.17, 15) is 18.4 Å². The highest BCUT2D eigenvalue weighted by Crippen LogP contribution is 2.35. The SMILES string of the molecule is CCOC(=O)CC1(c2ccc(F)c(F)c2)CNC(=O)C1. The Morgan fingerprint density at radius 2 is 2.15 bits per heavy atom. The van der Waals surface area contributed by atoms with Crippen LogP contribution in [0.1, 0.15) is 25.3 Å². The normalized spacial score (nSPS) is 21.6. The number of ether oxygens (including phenoxy) is 1. The highest BCUT2D eigenvalue weighted by Gasteiger charge is 2.42. The van der Waals surface area contributed by atoms with E-state index in [4.69, 9.17) is 4.74 Å². The molecule has 1 unspecified atom stereocenters. The lowest BCUT2D eigenvalue weighted by atomic mass is 9.76. The van der Waals surface area contributed by atoms with Crippen molar-refractivity contribution in [1.29, 1.82) is 0 Å². The third-order valence-electron chi connectivity index (χ3n) is 3.44. The molecule has 1 fully saturated rings. The predicted molar refractivity (Wildman–Crippen MR) is 66.9 cm³/mol. The number of esters is 1. The third-order valence-corrected chi connectivity index (χ3v) is 3.44. The van der Waals surface area contributed by atoms with Crippen LogP contribution in [0.4, 0.5) is 8.78 Å². The molecule has 4 nitrogen and oxygen atoms in total. The van der Waals surface area contributed by atoms with E-state index < -0.39 is 23.0 Å². The van der Waals surface area contributed by atoms with Crippen LogP contribution < -0.4 is 5.32 Å². The van der Waals surface area contributed by atoms with Crippen LogP contribution in [0.15, 0.2) is 18.2 Å². The number of amides is 1. The summed E-state index contributed by atoms with van der Waals surface area (Å²) in [6.45, 7) is 2.12. The Bertz CT molecular complexity index is 547. The number of halogens is 2. The maximum absolute atomic E-state index is 13.4. The summed E-state index contributed by atoms with van der Waals surface area (Å²) >= 11 is 0. The summed E-state index contributed by atoms with van der Waals surface area (Å²) in [6.07, 6.45) is 0.00153. The largest absolute Gasteiger partial charge is 0.466 e. The molecule has 0 aromatic heterocycles. The molecule has 1 heterocycles. The highest BCUT2D eigenvalue weighted by atomic mass is 19.2. The second-order valence-electron chi connectivity index (χ2n) is 4.84. The van der Waals surface area contributed by atoms with Crippen molar-refractivity contribution in [3.8, 4) is 0 Å². The number of nitrogens with one attached hydrogen (secondary N) is 1. The minimum Gasteiger partial charge on any atom is -0.466 e. The van der Waals surface area contributed by atoms with Gasteiger partial charge < -0.3 is 10.1 Å². The Balaban J connectivity index is 2.34. The molecule has 1 atom stereocenters. The smallest absolute Gasteiger partial charge is 0.306 e. The lowest BCUT2D eigenvalue weighted by Crippen LogP contribution is -2.32. The Kier molecular flexibility index (Phi) is 4.01. The van der Waals surface area contributed by atoms with E-state index in [2.05, 4.69) is 5.32 Å². The van der Waals surface area contributed by atoms with Crippen molar-refractivity contribution in [2.45, 2.75) is 25.2 Å². The molecular weight excluding hydrogens is 268 g/mol. The monoisotopic (exact) mass is 283 g/mol. The standard InChI is InChI=1S/C14H15F2NO3/c1-2-20-13(19)7-14(6-12(18)17-8-14)9-3-4-10(15)11(16)5-9/h3-5H,2,6-8H2,1H3,(H,17,18). The van der Waals surface area contributed by atoms with Crippen LogP contribution in [0.25, 0.3) is 0 Å². The predicted octanol–water partition coefficient (Wildman–Crippen LogP) is 1.68. The zero-order valence-electron chi connectivity index (χ0n) is 11.0. The number of carbonyl (C=O) groups is 2. The lowest BCUT2D eigenvalue weighted by Gasteiger charge is -2.26. The summed E-state index contributed by atoms with van der Waals surface area (Å²) in [5.74, 6) is -2.64. The molecule has 0 bridgehead atoms. The van der Waals surface area contributed by atoms with Crippen molar-refractivity contribution >= 4 is 11.9 Å². The Morgan fingerprint density at radius 1 is 1.40 bits per heavy atom. The van der Waals surface area contributed by atoms with Gasteiger partial charge in [-0.3, -0.25) is 9.59 Å². The summed E-state index contributed by atoms with van der Waals surface area (Å²) in [4.78, 5) is 23.2. The molecule has 0 radical (unpaired) electrons. The molecule has 1 aromatic carbocycles. The maximum atomic E-state index is 13.4. The van der Waals surface area contributed by atoms with E-state index in [0.29, 0.717) is 5.56 Å². The highest BCUT2D eigenvalue weighted by molar-refractivity contribution is 5.83. The average molecular weight is 283 g/mol. The molecule has 20 heavy (non-hydrogen) atoms. The molecule has 0 aliphatic carbocycles. The molecular formula is C14H15F2NO3. The van der Waals surface area contributed by atoms with Crippen LogP contribution in [0.2, 0.25) is 0 Å². The molecule has 2 rings (SSSR count). The van der Waals surface area contributed by atoms with E-state index in [-0.39, 0.29) is 31.9 Å². The van der Waals surface area contributed by atoms with E-state index in [1.165, 1.54) is 6.07 Å². The Labute approximate surface area is 115 Å². The first-order chi connectivity index (χ1) is 9.47. The van der Waals surface area contributed by atoms with Crippen molar-refractivity contribution < 1.29 is 23.1 Å². The first-order valence-corrected chi connectivity index (χ1v) is 6.35. The molecule has 1 aliphatic rings. The second-order valence-corrected chi connectivity index (χ2v) is 4.84. The molecule has 1 aromatic rings. The number of rotatable bonds is 4. The molecule has 108 valence electrons. The maximum Gasteiger partial charge on any atom is 0.306 e. The number of hydrogen-bond acceptors (Lipinski definition) is 3. The molecule has 0 saturated carbocycles. The fourth-order valence-electron chi connectivity index (χ4n) is 2.45. The van der Waals surface area contributed by atoms with Gasteiger partial charge in [0.1, 0.15) is 0 Å². The van der Waals surface area contributed by atoms with E-state index in [0.717, 1.165) is 12.1 Å². The summed E-state index contributed by atoms with van der Waals surface area (Å²) in [6, 6.07) is 3.44. The van der Waals surface area contributed by atoms with Crippen molar-refractivity contribution in [2.75, 3.05) is 13.2 Å². The Morgan fingerprint density at radius 3 is 2.70 bits per heavy atom. The van der Waals surface area contributed by atoms with Crippen LogP contribution >= 0.6 is 0 Å². The molecule has 1 aliphatic heterocycles. The number of hydrogen-bond donors (Lipinski definition) is 1. The van der Waals surface area contributed by atoms with Crippen molar-refractivity contribution in [1.82, 2.24) is 5.32 Å². The van der Waals surface area contributed by atoms with Gasteiger partial charge >= 0.3 is 5.97 Å². The minimum atomic E-state index is -0.995. The van der Waals surface area contributed by atoms with Crippen molar-refractivity contribution in [3.05, 3.63) is 35.4 Å². The quantitative estimate of drug-likeness (QED) is 0.855. The zero-order valence-corrected chi connectivity index (χ0v) is 11.0. The second kappa shape index (κ2) is 5.56.